The molecule has 0 radical (unpaired) electrons. The van der Waals surface area contributed by atoms with Crippen molar-refractivity contribution in [1.29, 1.82) is 0 Å². The van der Waals surface area contributed by atoms with Crippen molar-refractivity contribution >= 4 is 16.2 Å². The molecule has 1 rings (SSSR count). The molecule has 1 aliphatic rings. The molecule has 1 unspecified atom stereocenters. The van der Waals surface area contributed by atoms with Gasteiger partial charge in [0.25, 0.3) is 10.2 Å². The molecule has 1 heterocycles. The molecule has 16 heavy (non-hydrogen) atoms. The van der Waals surface area contributed by atoms with Crippen LogP contribution in [-0.2, 0) is 15.0 Å². The predicted octanol–water partition coefficient (Wildman–Crippen LogP) is -1.28. The summed E-state index contributed by atoms with van der Waals surface area (Å²) < 4.78 is 26.8. The fourth-order valence-corrected chi connectivity index (χ4v) is 3.15. The fourth-order valence-electron chi connectivity index (χ4n) is 1.71. The van der Waals surface area contributed by atoms with Crippen molar-refractivity contribution in [1.82, 2.24) is 9.03 Å². The molecule has 0 bridgehead atoms. The van der Waals surface area contributed by atoms with Gasteiger partial charge in [0.05, 0.1) is 0 Å². The van der Waals surface area contributed by atoms with E-state index in [1.54, 1.807) is 0 Å². The number of hydrogen-bond donors (Lipinski definition) is 3. The lowest BCUT2D eigenvalue weighted by molar-refractivity contribution is -0.142. The summed E-state index contributed by atoms with van der Waals surface area (Å²) in [6.45, 7) is 0.548. The first-order valence-electron chi connectivity index (χ1n) is 5.18. The van der Waals surface area contributed by atoms with Crippen LogP contribution in [0.3, 0.4) is 0 Å². The van der Waals surface area contributed by atoms with Crippen molar-refractivity contribution in [3.05, 3.63) is 0 Å². The van der Waals surface area contributed by atoms with Gasteiger partial charge in [-0.05, 0) is 19.3 Å². The van der Waals surface area contributed by atoms with Gasteiger partial charge in [-0.2, -0.15) is 12.7 Å². The molecule has 4 N–H and O–H groups in total. The Balaban J connectivity index is 2.78. The van der Waals surface area contributed by atoms with Crippen LogP contribution in [0.2, 0.25) is 0 Å². The lowest BCUT2D eigenvalue weighted by atomic mass is 10.1. The van der Waals surface area contributed by atoms with Gasteiger partial charge in [-0.25, -0.2) is 4.72 Å². The van der Waals surface area contributed by atoms with Gasteiger partial charge < -0.3 is 10.8 Å². The monoisotopic (exact) mass is 251 g/mol. The van der Waals surface area contributed by atoms with E-state index < -0.39 is 22.2 Å². The van der Waals surface area contributed by atoms with Crippen LogP contribution in [0.25, 0.3) is 0 Å². The number of aliphatic carboxylic acids is 1. The van der Waals surface area contributed by atoms with Crippen LogP contribution >= 0.6 is 0 Å². The molecule has 0 aromatic heterocycles. The first-order valence-corrected chi connectivity index (χ1v) is 6.62. The van der Waals surface area contributed by atoms with Crippen molar-refractivity contribution in [2.24, 2.45) is 5.73 Å². The summed E-state index contributed by atoms with van der Waals surface area (Å²) in [5.41, 5.74) is 5.20. The van der Waals surface area contributed by atoms with Gasteiger partial charge in [0.2, 0.25) is 0 Å². The first-order chi connectivity index (χ1) is 7.49. The molecule has 1 saturated heterocycles. The minimum Gasteiger partial charge on any atom is -0.480 e. The topological polar surface area (TPSA) is 113 Å². The summed E-state index contributed by atoms with van der Waals surface area (Å²) in [7, 11) is -3.72. The highest BCUT2D eigenvalue weighted by Gasteiger charge is 2.36. The molecular weight excluding hydrogens is 234 g/mol. The number of piperidine rings is 1. The quantitative estimate of drug-likeness (QED) is 0.563. The highest BCUT2D eigenvalue weighted by atomic mass is 32.2. The Labute approximate surface area is 94.8 Å². The average Bonchev–Trinajstić information content (AvgIpc) is 2.26. The lowest BCUT2D eigenvalue weighted by Crippen LogP contribution is -2.52. The minimum atomic E-state index is -3.72. The molecule has 1 aliphatic heterocycles. The van der Waals surface area contributed by atoms with Gasteiger partial charge in [-0.15, -0.1) is 0 Å². The Morgan fingerprint density at radius 2 is 2.19 bits per heavy atom. The number of carboxylic acid groups (broad SMARTS) is 1. The maximum atomic E-state index is 11.8. The molecule has 0 aromatic carbocycles. The van der Waals surface area contributed by atoms with Crippen LogP contribution in [0.15, 0.2) is 0 Å². The number of carbonyl (C=O) groups is 1. The normalized spacial score (nSPS) is 23.2. The van der Waals surface area contributed by atoms with Gasteiger partial charge in [0.15, 0.2) is 0 Å². The van der Waals surface area contributed by atoms with Crippen molar-refractivity contribution in [3.63, 3.8) is 0 Å². The Bertz CT molecular complexity index is 343. The zero-order valence-electron chi connectivity index (χ0n) is 8.92. The molecule has 0 aromatic rings. The number of rotatable bonds is 5. The zero-order valence-corrected chi connectivity index (χ0v) is 9.74. The smallest absolute Gasteiger partial charge is 0.322 e. The molecule has 0 aliphatic carbocycles. The minimum absolute atomic E-state index is 0.116. The molecule has 94 valence electrons. The van der Waals surface area contributed by atoms with E-state index in [2.05, 4.69) is 4.72 Å². The average molecular weight is 251 g/mol. The first kappa shape index (κ1) is 13.4. The second kappa shape index (κ2) is 5.58. The number of nitrogens with zero attached hydrogens (tertiary/aromatic N) is 1. The molecule has 1 fully saturated rings. The van der Waals surface area contributed by atoms with Crippen molar-refractivity contribution < 1.29 is 18.3 Å². The standard InChI is InChI=1S/C8H17N3O4S/c9-4-5-10-16(14,15)11-6-2-1-3-7(11)8(12)13/h7,10H,1-6,9H2,(H,12,13). The highest BCUT2D eigenvalue weighted by Crippen LogP contribution is 2.19. The SMILES string of the molecule is NCCNS(=O)(=O)N1CCCCC1C(=O)O. The molecular formula is C8H17N3O4S. The molecule has 1 atom stereocenters. The van der Waals surface area contributed by atoms with E-state index in [-0.39, 0.29) is 19.6 Å². The maximum absolute atomic E-state index is 11.8. The summed E-state index contributed by atoms with van der Waals surface area (Å²) >= 11 is 0. The Hall–Kier alpha value is -0.700. The van der Waals surface area contributed by atoms with E-state index in [9.17, 15) is 13.2 Å². The van der Waals surface area contributed by atoms with Crippen molar-refractivity contribution in [2.75, 3.05) is 19.6 Å². The van der Waals surface area contributed by atoms with Gasteiger partial charge in [0, 0.05) is 19.6 Å². The van der Waals surface area contributed by atoms with E-state index >= 15 is 0 Å². The summed E-state index contributed by atoms with van der Waals surface area (Å²) in [6.07, 6.45) is 1.78. The molecule has 7 nitrogen and oxygen atoms in total. The van der Waals surface area contributed by atoms with Crippen LogP contribution in [0.4, 0.5) is 0 Å². The number of hydrogen-bond acceptors (Lipinski definition) is 4. The second-order valence-electron chi connectivity index (χ2n) is 3.65. The van der Waals surface area contributed by atoms with Crippen LogP contribution in [0.5, 0.6) is 0 Å². The van der Waals surface area contributed by atoms with Gasteiger partial charge in [-0.3, -0.25) is 4.79 Å². The third-order valence-corrected chi connectivity index (χ3v) is 4.10. The van der Waals surface area contributed by atoms with Gasteiger partial charge in [-0.1, -0.05) is 0 Å². The lowest BCUT2D eigenvalue weighted by Gasteiger charge is -2.31. The summed E-state index contributed by atoms with van der Waals surface area (Å²) in [5.74, 6) is -1.10. The Kier molecular flexibility index (Phi) is 4.66. The highest BCUT2D eigenvalue weighted by molar-refractivity contribution is 7.87. The molecule has 0 spiro atoms. The molecule has 0 saturated carbocycles. The van der Waals surface area contributed by atoms with Gasteiger partial charge in [0.1, 0.15) is 6.04 Å². The van der Waals surface area contributed by atoms with E-state index in [4.69, 9.17) is 10.8 Å². The summed E-state index contributed by atoms with van der Waals surface area (Å²) in [4.78, 5) is 10.9. The van der Waals surface area contributed by atoms with E-state index in [1.165, 1.54) is 0 Å². The third-order valence-electron chi connectivity index (χ3n) is 2.48. The van der Waals surface area contributed by atoms with E-state index in [0.29, 0.717) is 12.8 Å². The summed E-state index contributed by atoms with van der Waals surface area (Å²) in [6, 6.07) is -0.955. The molecule has 8 heteroatoms. The van der Waals surface area contributed by atoms with Crippen LogP contribution < -0.4 is 10.5 Å². The third kappa shape index (κ3) is 3.14. The fraction of sp³-hybridized carbons (Fsp3) is 0.875. The van der Waals surface area contributed by atoms with E-state index in [0.717, 1.165) is 10.7 Å². The van der Waals surface area contributed by atoms with Crippen LogP contribution in [0.1, 0.15) is 19.3 Å². The van der Waals surface area contributed by atoms with Crippen LogP contribution in [-0.4, -0.2) is 49.5 Å². The largest absolute Gasteiger partial charge is 0.480 e. The van der Waals surface area contributed by atoms with E-state index in [1.807, 2.05) is 0 Å². The van der Waals surface area contributed by atoms with Crippen molar-refractivity contribution in [2.45, 2.75) is 25.3 Å². The Morgan fingerprint density at radius 1 is 1.50 bits per heavy atom. The van der Waals surface area contributed by atoms with Crippen molar-refractivity contribution in [3.8, 4) is 0 Å². The Morgan fingerprint density at radius 3 is 2.75 bits per heavy atom. The predicted molar refractivity (Wildman–Crippen MR) is 58.0 cm³/mol. The molecule has 0 amide bonds. The number of nitrogens with two attached hydrogens (primary N) is 1. The zero-order chi connectivity index (χ0) is 12.2. The van der Waals surface area contributed by atoms with Gasteiger partial charge >= 0.3 is 5.97 Å². The van der Waals surface area contributed by atoms with Crippen LogP contribution in [0, 0.1) is 0 Å². The second-order valence-corrected chi connectivity index (χ2v) is 5.36. The maximum Gasteiger partial charge on any atom is 0.322 e. The summed E-state index contributed by atoms with van der Waals surface area (Å²) in [5, 5.41) is 8.94. The number of nitrogens with one attached hydrogen (secondary N) is 1. The number of carboxylic acids is 1.